The fraction of sp³-hybridized carbons (Fsp3) is 0.0204. The first-order valence-corrected chi connectivity index (χ1v) is 17.2. The summed E-state index contributed by atoms with van der Waals surface area (Å²) in [5.41, 5.74) is 10.8. The normalized spacial score (nSPS) is 14.2. The van der Waals surface area contributed by atoms with Gasteiger partial charge >= 0.3 is 0 Å². The Kier molecular flexibility index (Phi) is 5.64. The number of hydrogen-bond acceptors (Lipinski definition) is 1. The van der Waals surface area contributed by atoms with Crippen molar-refractivity contribution >= 4 is 38.9 Å². The van der Waals surface area contributed by atoms with E-state index in [1.54, 1.807) is 0 Å². The second-order valence-corrected chi connectivity index (χ2v) is 12.9. The third-order valence-corrected chi connectivity index (χ3v) is 10.3. The molecule has 1 aliphatic rings. The first-order chi connectivity index (χ1) is 27.4. The zero-order valence-electron chi connectivity index (χ0n) is 32.6. The lowest BCUT2D eigenvalue weighted by Gasteiger charge is -2.35. The Morgan fingerprint density at radius 2 is 1.04 bits per heavy atom. The second kappa shape index (κ2) is 11.8. The Balaban J connectivity index is 1.30. The lowest BCUT2D eigenvalue weighted by Crippen LogP contribution is -2.28. The van der Waals surface area contributed by atoms with Crippen LogP contribution in [-0.2, 0) is 5.41 Å². The van der Waals surface area contributed by atoms with Crippen molar-refractivity contribution in [2.45, 2.75) is 5.41 Å². The van der Waals surface area contributed by atoms with E-state index in [9.17, 15) is 0 Å². The molecule has 0 atom stereocenters. The van der Waals surface area contributed by atoms with E-state index in [2.05, 4.69) is 126 Å². The predicted molar refractivity (Wildman–Crippen MR) is 213 cm³/mol. The molecule has 0 N–H and O–H groups in total. The SMILES string of the molecule is [2H]c1c([2H])c([2H])c(-n2c3ccccc3c3cccc(N(c4ccccc4)c4cccc(C5(c6ccccc6)c6ccccc6-c6ccccc65)c4)c32)c([2H])c1[2H]. The average molecular weight is 656 g/mol. The molecule has 1 aromatic heterocycles. The van der Waals surface area contributed by atoms with Crippen LogP contribution in [0.2, 0.25) is 0 Å². The second-order valence-electron chi connectivity index (χ2n) is 12.9. The van der Waals surface area contributed by atoms with E-state index in [4.69, 9.17) is 6.85 Å². The van der Waals surface area contributed by atoms with Gasteiger partial charge in [0.1, 0.15) is 0 Å². The van der Waals surface area contributed by atoms with Crippen molar-refractivity contribution in [3.63, 3.8) is 0 Å². The molecule has 10 rings (SSSR count). The summed E-state index contributed by atoms with van der Waals surface area (Å²) >= 11 is 0. The first kappa shape index (κ1) is 24.5. The molecule has 0 spiro atoms. The number of benzene rings is 8. The summed E-state index contributed by atoms with van der Waals surface area (Å²) in [6.45, 7) is 0. The van der Waals surface area contributed by atoms with E-state index in [-0.39, 0.29) is 29.9 Å². The van der Waals surface area contributed by atoms with Crippen LogP contribution < -0.4 is 4.90 Å². The molecule has 2 heteroatoms. The summed E-state index contributed by atoms with van der Waals surface area (Å²) in [7, 11) is 0. The minimum absolute atomic E-state index is 0.110. The van der Waals surface area contributed by atoms with Crippen LogP contribution >= 0.6 is 0 Å². The minimum Gasteiger partial charge on any atom is -0.308 e. The monoisotopic (exact) mass is 655 g/mol. The fourth-order valence-corrected chi connectivity index (χ4v) is 8.36. The molecule has 0 aliphatic heterocycles. The largest absolute Gasteiger partial charge is 0.308 e. The smallest absolute Gasteiger partial charge is 0.0782 e. The van der Waals surface area contributed by atoms with E-state index in [1.807, 2.05) is 59.2 Å². The molecular weight excluding hydrogens is 617 g/mol. The van der Waals surface area contributed by atoms with Crippen LogP contribution in [0.25, 0.3) is 38.6 Å². The Bertz CT molecular complexity index is 2920. The number of anilines is 3. The first-order valence-electron chi connectivity index (χ1n) is 19.7. The summed E-state index contributed by atoms with van der Waals surface area (Å²) in [4.78, 5) is 2.22. The molecule has 240 valence electrons. The number of hydrogen-bond donors (Lipinski definition) is 0. The molecule has 0 saturated heterocycles. The van der Waals surface area contributed by atoms with Gasteiger partial charge in [-0.2, -0.15) is 0 Å². The lowest BCUT2D eigenvalue weighted by molar-refractivity contribution is 0.768. The molecule has 0 bridgehead atoms. The van der Waals surface area contributed by atoms with Crippen LogP contribution in [0.15, 0.2) is 206 Å². The van der Waals surface area contributed by atoms with E-state index in [0.29, 0.717) is 0 Å². The lowest BCUT2D eigenvalue weighted by atomic mass is 9.67. The molecule has 2 nitrogen and oxygen atoms in total. The highest BCUT2D eigenvalue weighted by atomic mass is 15.2. The predicted octanol–water partition coefficient (Wildman–Crippen LogP) is 12.6. The van der Waals surface area contributed by atoms with Gasteiger partial charge in [0.2, 0.25) is 0 Å². The molecule has 0 amide bonds. The van der Waals surface area contributed by atoms with Crippen LogP contribution in [0.4, 0.5) is 17.1 Å². The van der Waals surface area contributed by atoms with E-state index in [0.717, 1.165) is 44.4 Å². The average Bonchev–Trinajstić information content (AvgIpc) is 3.75. The van der Waals surface area contributed by atoms with Gasteiger partial charge in [0.15, 0.2) is 0 Å². The quantitative estimate of drug-likeness (QED) is 0.173. The van der Waals surface area contributed by atoms with Gasteiger partial charge in [0.25, 0.3) is 0 Å². The van der Waals surface area contributed by atoms with Crippen molar-refractivity contribution in [1.29, 1.82) is 0 Å². The van der Waals surface area contributed by atoms with Crippen molar-refractivity contribution in [3.8, 4) is 16.8 Å². The molecule has 1 aliphatic carbocycles. The Hall–Kier alpha value is -6.64. The van der Waals surface area contributed by atoms with Crippen molar-refractivity contribution in [2.75, 3.05) is 4.90 Å². The number of aromatic nitrogens is 1. The zero-order chi connectivity index (χ0) is 38.1. The summed E-state index contributed by atoms with van der Waals surface area (Å²) in [6.07, 6.45) is 0. The highest BCUT2D eigenvalue weighted by molar-refractivity contribution is 6.14. The molecular formula is C49H34N2. The van der Waals surface area contributed by atoms with Crippen LogP contribution in [-0.4, -0.2) is 4.57 Å². The number of para-hydroxylation sites is 4. The summed E-state index contributed by atoms with van der Waals surface area (Å²) in [6, 6.07) is 59.4. The van der Waals surface area contributed by atoms with Gasteiger partial charge in [0.05, 0.1) is 29.0 Å². The fourth-order valence-electron chi connectivity index (χ4n) is 8.36. The molecule has 9 aromatic rings. The van der Waals surface area contributed by atoms with Crippen LogP contribution in [0, 0.1) is 0 Å². The molecule has 51 heavy (non-hydrogen) atoms. The molecule has 0 fully saturated rings. The molecule has 1 heterocycles. The summed E-state index contributed by atoms with van der Waals surface area (Å²) in [5, 5.41) is 1.82. The van der Waals surface area contributed by atoms with Crippen LogP contribution in [0.3, 0.4) is 0 Å². The van der Waals surface area contributed by atoms with Gasteiger partial charge in [-0.1, -0.05) is 158 Å². The van der Waals surface area contributed by atoms with E-state index < -0.39 is 11.5 Å². The number of rotatable bonds is 6. The van der Waals surface area contributed by atoms with Crippen LogP contribution in [0.5, 0.6) is 0 Å². The van der Waals surface area contributed by atoms with E-state index >= 15 is 0 Å². The van der Waals surface area contributed by atoms with Crippen molar-refractivity contribution in [2.24, 2.45) is 0 Å². The maximum atomic E-state index is 9.11. The van der Waals surface area contributed by atoms with Gasteiger partial charge in [0, 0.05) is 27.8 Å². The van der Waals surface area contributed by atoms with Gasteiger partial charge in [-0.3, -0.25) is 0 Å². The Morgan fingerprint density at radius 3 is 1.78 bits per heavy atom. The minimum atomic E-state index is -0.610. The maximum Gasteiger partial charge on any atom is 0.0782 e. The Labute approximate surface area is 305 Å². The highest BCUT2D eigenvalue weighted by Crippen LogP contribution is 2.56. The van der Waals surface area contributed by atoms with Crippen molar-refractivity contribution in [3.05, 3.63) is 228 Å². The zero-order valence-corrected chi connectivity index (χ0v) is 27.6. The van der Waals surface area contributed by atoms with Crippen LogP contribution in [0.1, 0.15) is 29.1 Å². The highest BCUT2D eigenvalue weighted by Gasteiger charge is 2.46. The Morgan fingerprint density at radius 1 is 0.471 bits per heavy atom. The molecule has 0 unspecified atom stereocenters. The number of fused-ring (bicyclic) bond motifs is 6. The number of nitrogens with zero attached hydrogens (tertiary/aromatic N) is 2. The standard InChI is InChI=1S/C49H34N2/c1-4-18-35(19-5-1)49(44-30-13-10-26-40(44)41-27-11-14-31-45(41)49)36-20-16-25-39(34-36)50(37-21-6-2-7-22-37)47-33-17-29-43-42-28-12-15-32-46(42)51(48(43)47)38-23-8-3-9-24-38/h1-34H/i3D,8D,9D,23D,24D. The maximum absolute atomic E-state index is 9.11. The van der Waals surface area contributed by atoms with Crippen molar-refractivity contribution < 1.29 is 6.85 Å². The third-order valence-electron chi connectivity index (χ3n) is 10.3. The van der Waals surface area contributed by atoms with E-state index in [1.165, 1.54) is 27.8 Å². The van der Waals surface area contributed by atoms with Gasteiger partial charge in [-0.05, 0) is 81.9 Å². The summed E-state index contributed by atoms with van der Waals surface area (Å²) in [5.74, 6) is 0. The molecule has 8 aromatic carbocycles. The molecule has 0 saturated carbocycles. The topological polar surface area (TPSA) is 8.17 Å². The van der Waals surface area contributed by atoms with Gasteiger partial charge in [-0.25, -0.2) is 0 Å². The third kappa shape index (κ3) is 4.36. The van der Waals surface area contributed by atoms with Gasteiger partial charge in [-0.15, -0.1) is 0 Å². The summed E-state index contributed by atoms with van der Waals surface area (Å²) < 4.78 is 45.7. The van der Waals surface area contributed by atoms with Gasteiger partial charge < -0.3 is 9.47 Å². The van der Waals surface area contributed by atoms with Crippen molar-refractivity contribution in [1.82, 2.24) is 4.57 Å². The molecule has 0 radical (unpaired) electrons.